The first kappa shape index (κ1) is 6.96. The molecule has 1 atom stereocenters. The van der Waals surface area contributed by atoms with Gasteiger partial charge in [0.05, 0.1) is 0 Å². The Labute approximate surface area is 68.0 Å². The van der Waals surface area contributed by atoms with Gasteiger partial charge < -0.3 is 5.73 Å². The summed E-state index contributed by atoms with van der Waals surface area (Å²) in [5.41, 5.74) is 7.40. The van der Waals surface area contributed by atoms with Crippen molar-refractivity contribution in [2.75, 3.05) is 0 Å². The molecule has 2 aliphatic carbocycles. The van der Waals surface area contributed by atoms with Gasteiger partial charge in [0, 0.05) is 5.70 Å². The van der Waals surface area contributed by atoms with Crippen molar-refractivity contribution < 1.29 is 0 Å². The Morgan fingerprint density at radius 3 is 2.82 bits per heavy atom. The number of hydrogen-bond donors (Lipinski definition) is 1. The van der Waals surface area contributed by atoms with E-state index >= 15 is 0 Å². The van der Waals surface area contributed by atoms with Gasteiger partial charge in [0.2, 0.25) is 0 Å². The van der Waals surface area contributed by atoms with Crippen LogP contribution >= 0.6 is 0 Å². The largest absolute Gasteiger partial charge is 0.402 e. The van der Waals surface area contributed by atoms with Crippen molar-refractivity contribution in [1.82, 2.24) is 0 Å². The highest BCUT2D eigenvalue weighted by atomic mass is 14.6. The molecule has 2 N–H and O–H groups in total. The van der Waals surface area contributed by atoms with Crippen LogP contribution in [-0.2, 0) is 0 Å². The molecule has 0 aromatic carbocycles. The molecule has 0 aromatic rings. The van der Waals surface area contributed by atoms with Crippen LogP contribution in [0.4, 0.5) is 0 Å². The van der Waals surface area contributed by atoms with Gasteiger partial charge in [-0.2, -0.15) is 0 Å². The van der Waals surface area contributed by atoms with Crippen LogP contribution in [0.15, 0.2) is 23.9 Å². The first-order valence-corrected chi connectivity index (χ1v) is 4.33. The maximum absolute atomic E-state index is 5.76. The second-order valence-corrected chi connectivity index (χ2v) is 4.09. The SMILES string of the molecule is CC1(C2C=CC=C(N)C2)CC1. The summed E-state index contributed by atoms with van der Waals surface area (Å²) in [4.78, 5) is 0. The molecule has 11 heavy (non-hydrogen) atoms. The number of rotatable bonds is 1. The zero-order valence-corrected chi connectivity index (χ0v) is 7.01. The van der Waals surface area contributed by atoms with Crippen LogP contribution in [0.5, 0.6) is 0 Å². The summed E-state index contributed by atoms with van der Waals surface area (Å²) in [6, 6.07) is 0. The second-order valence-electron chi connectivity index (χ2n) is 4.09. The number of allylic oxidation sites excluding steroid dienone is 4. The Morgan fingerprint density at radius 1 is 1.55 bits per heavy atom. The van der Waals surface area contributed by atoms with E-state index in [4.69, 9.17) is 5.73 Å². The van der Waals surface area contributed by atoms with Gasteiger partial charge in [0.15, 0.2) is 0 Å². The summed E-state index contributed by atoms with van der Waals surface area (Å²) in [5, 5.41) is 0. The molecule has 2 rings (SSSR count). The van der Waals surface area contributed by atoms with E-state index in [9.17, 15) is 0 Å². The summed E-state index contributed by atoms with van der Waals surface area (Å²) in [6.45, 7) is 2.36. The Balaban J connectivity index is 2.08. The molecule has 0 amide bonds. The monoisotopic (exact) mass is 149 g/mol. The predicted octanol–water partition coefficient (Wildman–Crippen LogP) is 2.21. The van der Waals surface area contributed by atoms with Crippen LogP contribution in [0.3, 0.4) is 0 Å². The fraction of sp³-hybridized carbons (Fsp3) is 0.600. The molecule has 0 aromatic heterocycles. The Kier molecular flexibility index (Phi) is 1.35. The molecule has 1 unspecified atom stereocenters. The quantitative estimate of drug-likeness (QED) is 0.607. The summed E-state index contributed by atoms with van der Waals surface area (Å²) in [6.07, 6.45) is 10.3. The Bertz CT molecular complexity index is 221. The van der Waals surface area contributed by atoms with E-state index in [1.807, 2.05) is 6.08 Å². The standard InChI is InChI=1S/C10H15N/c1-10(5-6-10)8-3-2-4-9(11)7-8/h2-4,8H,5-7,11H2,1H3. The van der Waals surface area contributed by atoms with Crippen LogP contribution in [-0.4, -0.2) is 0 Å². The lowest BCUT2D eigenvalue weighted by atomic mass is 9.84. The minimum atomic E-state index is 0.593. The number of hydrogen-bond acceptors (Lipinski definition) is 1. The van der Waals surface area contributed by atoms with Crippen LogP contribution in [0.25, 0.3) is 0 Å². The van der Waals surface area contributed by atoms with Gasteiger partial charge >= 0.3 is 0 Å². The lowest BCUT2D eigenvalue weighted by molar-refractivity contribution is 0.399. The summed E-state index contributed by atoms with van der Waals surface area (Å²) in [7, 11) is 0. The average Bonchev–Trinajstić information content (AvgIpc) is 2.70. The highest BCUT2D eigenvalue weighted by molar-refractivity contribution is 5.21. The molecular weight excluding hydrogens is 134 g/mol. The molecule has 0 bridgehead atoms. The van der Waals surface area contributed by atoms with Crippen molar-refractivity contribution in [3.8, 4) is 0 Å². The highest BCUT2D eigenvalue weighted by Crippen LogP contribution is 2.54. The third kappa shape index (κ3) is 1.20. The summed E-state index contributed by atoms with van der Waals surface area (Å²) < 4.78 is 0. The van der Waals surface area contributed by atoms with Crippen LogP contribution in [0.2, 0.25) is 0 Å². The zero-order chi connectivity index (χ0) is 7.90. The molecule has 1 heteroatoms. The first-order chi connectivity index (χ1) is 5.21. The van der Waals surface area contributed by atoms with E-state index in [1.54, 1.807) is 0 Å². The van der Waals surface area contributed by atoms with Crippen molar-refractivity contribution >= 4 is 0 Å². The van der Waals surface area contributed by atoms with Crippen LogP contribution < -0.4 is 5.73 Å². The van der Waals surface area contributed by atoms with E-state index in [1.165, 1.54) is 12.8 Å². The van der Waals surface area contributed by atoms with Crippen molar-refractivity contribution in [2.45, 2.75) is 26.2 Å². The fourth-order valence-electron chi connectivity index (χ4n) is 1.75. The topological polar surface area (TPSA) is 26.0 Å². The Morgan fingerprint density at radius 2 is 2.27 bits per heavy atom. The molecule has 0 heterocycles. The third-order valence-corrected chi connectivity index (χ3v) is 3.04. The lowest BCUT2D eigenvalue weighted by Crippen LogP contribution is -2.15. The van der Waals surface area contributed by atoms with Crippen molar-refractivity contribution in [1.29, 1.82) is 0 Å². The van der Waals surface area contributed by atoms with Gasteiger partial charge in [-0.15, -0.1) is 0 Å². The lowest BCUT2D eigenvalue weighted by Gasteiger charge is -2.22. The van der Waals surface area contributed by atoms with Crippen LogP contribution in [0.1, 0.15) is 26.2 Å². The molecule has 2 aliphatic rings. The molecule has 60 valence electrons. The summed E-state index contributed by atoms with van der Waals surface area (Å²) in [5.74, 6) is 0.715. The summed E-state index contributed by atoms with van der Waals surface area (Å²) >= 11 is 0. The molecule has 1 saturated carbocycles. The van der Waals surface area contributed by atoms with Gasteiger partial charge in [0.1, 0.15) is 0 Å². The van der Waals surface area contributed by atoms with Crippen molar-refractivity contribution in [3.05, 3.63) is 23.9 Å². The normalized spacial score (nSPS) is 33.2. The zero-order valence-electron chi connectivity index (χ0n) is 7.01. The molecule has 1 nitrogen and oxygen atoms in total. The Hall–Kier alpha value is -0.720. The van der Waals surface area contributed by atoms with Crippen molar-refractivity contribution in [3.63, 3.8) is 0 Å². The molecular formula is C10H15N. The maximum Gasteiger partial charge on any atom is 0.00864 e. The molecule has 0 radical (unpaired) electrons. The van der Waals surface area contributed by atoms with E-state index in [0.29, 0.717) is 11.3 Å². The minimum absolute atomic E-state index is 0.593. The molecule has 0 aliphatic heterocycles. The first-order valence-electron chi connectivity index (χ1n) is 4.33. The van der Waals surface area contributed by atoms with Crippen molar-refractivity contribution in [2.24, 2.45) is 17.1 Å². The number of nitrogens with two attached hydrogens (primary N) is 1. The molecule has 0 spiro atoms. The van der Waals surface area contributed by atoms with Gasteiger partial charge in [-0.25, -0.2) is 0 Å². The van der Waals surface area contributed by atoms with E-state index in [2.05, 4.69) is 19.1 Å². The fourth-order valence-corrected chi connectivity index (χ4v) is 1.75. The van der Waals surface area contributed by atoms with Crippen LogP contribution in [0, 0.1) is 11.3 Å². The smallest absolute Gasteiger partial charge is 0.00864 e. The van der Waals surface area contributed by atoms with Gasteiger partial charge in [-0.3, -0.25) is 0 Å². The van der Waals surface area contributed by atoms with Gasteiger partial charge in [-0.05, 0) is 36.7 Å². The van der Waals surface area contributed by atoms with Gasteiger partial charge in [-0.1, -0.05) is 19.1 Å². The van der Waals surface area contributed by atoms with Gasteiger partial charge in [0.25, 0.3) is 0 Å². The van der Waals surface area contributed by atoms with E-state index in [0.717, 1.165) is 12.1 Å². The molecule has 0 saturated heterocycles. The maximum atomic E-state index is 5.76. The molecule has 1 fully saturated rings. The third-order valence-electron chi connectivity index (χ3n) is 3.04. The second kappa shape index (κ2) is 2.13. The van der Waals surface area contributed by atoms with E-state index < -0.39 is 0 Å². The minimum Gasteiger partial charge on any atom is -0.402 e. The van der Waals surface area contributed by atoms with E-state index in [-0.39, 0.29) is 0 Å². The average molecular weight is 149 g/mol. The highest BCUT2D eigenvalue weighted by Gasteiger charge is 2.43. The predicted molar refractivity (Wildman–Crippen MR) is 46.9 cm³/mol.